The highest BCUT2D eigenvalue weighted by molar-refractivity contribution is 5.79. The SMILES string of the molecule is O=C(O)CCN(Cc1ccccc1)C(=O)C1CCCOC1. The first kappa shape index (κ1) is 15.5. The van der Waals surface area contributed by atoms with Crippen LogP contribution in [0.5, 0.6) is 0 Å². The summed E-state index contributed by atoms with van der Waals surface area (Å²) in [5, 5.41) is 8.86. The van der Waals surface area contributed by atoms with Gasteiger partial charge in [-0.25, -0.2) is 0 Å². The van der Waals surface area contributed by atoms with E-state index in [9.17, 15) is 9.59 Å². The fourth-order valence-corrected chi connectivity index (χ4v) is 2.50. The third-order valence-electron chi connectivity index (χ3n) is 3.63. The molecule has 1 unspecified atom stereocenters. The zero-order valence-corrected chi connectivity index (χ0v) is 12.0. The van der Waals surface area contributed by atoms with E-state index in [1.165, 1.54) is 0 Å². The smallest absolute Gasteiger partial charge is 0.305 e. The number of carbonyl (C=O) groups is 2. The Labute approximate surface area is 124 Å². The summed E-state index contributed by atoms with van der Waals surface area (Å²) in [6.45, 7) is 1.83. The van der Waals surface area contributed by atoms with E-state index in [-0.39, 0.29) is 24.8 Å². The summed E-state index contributed by atoms with van der Waals surface area (Å²) in [4.78, 5) is 25.0. The van der Waals surface area contributed by atoms with Crippen LogP contribution >= 0.6 is 0 Å². The van der Waals surface area contributed by atoms with Crippen LogP contribution in [0.1, 0.15) is 24.8 Å². The molecule has 0 aromatic heterocycles. The zero-order valence-electron chi connectivity index (χ0n) is 12.0. The number of rotatable bonds is 6. The summed E-state index contributed by atoms with van der Waals surface area (Å²) in [6.07, 6.45) is 1.66. The first-order valence-electron chi connectivity index (χ1n) is 7.29. The number of hydrogen-bond acceptors (Lipinski definition) is 3. The maximum Gasteiger partial charge on any atom is 0.305 e. The van der Waals surface area contributed by atoms with Gasteiger partial charge in [0.05, 0.1) is 18.9 Å². The lowest BCUT2D eigenvalue weighted by molar-refractivity contribution is -0.142. The topological polar surface area (TPSA) is 66.8 Å². The molecule has 21 heavy (non-hydrogen) atoms. The second-order valence-electron chi connectivity index (χ2n) is 5.30. The largest absolute Gasteiger partial charge is 0.481 e. The maximum absolute atomic E-state index is 12.6. The number of nitrogens with zero attached hydrogens (tertiary/aromatic N) is 1. The molecule has 1 aliphatic heterocycles. The van der Waals surface area contributed by atoms with Crippen molar-refractivity contribution in [2.75, 3.05) is 19.8 Å². The molecule has 0 saturated carbocycles. The number of aliphatic carboxylic acids is 1. The van der Waals surface area contributed by atoms with Crippen molar-refractivity contribution >= 4 is 11.9 Å². The molecule has 1 aromatic carbocycles. The van der Waals surface area contributed by atoms with Crippen LogP contribution in [-0.2, 0) is 20.9 Å². The first-order chi connectivity index (χ1) is 10.2. The van der Waals surface area contributed by atoms with E-state index < -0.39 is 5.97 Å². The fourth-order valence-electron chi connectivity index (χ4n) is 2.50. The minimum atomic E-state index is -0.888. The standard InChI is InChI=1S/C16H21NO4/c18-15(19)8-9-17(11-13-5-2-1-3-6-13)16(20)14-7-4-10-21-12-14/h1-3,5-6,14H,4,7-12H2,(H,18,19). The van der Waals surface area contributed by atoms with Gasteiger partial charge in [-0.1, -0.05) is 30.3 Å². The van der Waals surface area contributed by atoms with Gasteiger partial charge in [0.15, 0.2) is 0 Å². The van der Waals surface area contributed by atoms with Crippen molar-refractivity contribution in [1.29, 1.82) is 0 Å². The molecule has 2 rings (SSSR count). The van der Waals surface area contributed by atoms with Gasteiger partial charge in [0.25, 0.3) is 0 Å². The molecule has 5 heteroatoms. The number of ether oxygens (including phenoxy) is 1. The zero-order chi connectivity index (χ0) is 15.1. The number of carboxylic acids is 1. The minimum absolute atomic E-state index is 0.000182. The monoisotopic (exact) mass is 291 g/mol. The first-order valence-corrected chi connectivity index (χ1v) is 7.29. The molecule has 114 valence electrons. The van der Waals surface area contributed by atoms with Gasteiger partial charge >= 0.3 is 5.97 Å². The van der Waals surface area contributed by atoms with Gasteiger partial charge < -0.3 is 14.7 Å². The maximum atomic E-state index is 12.6. The van der Waals surface area contributed by atoms with Gasteiger partial charge in [0, 0.05) is 19.7 Å². The fraction of sp³-hybridized carbons (Fsp3) is 0.500. The van der Waals surface area contributed by atoms with Gasteiger partial charge in [-0.3, -0.25) is 9.59 Å². The number of amides is 1. The molecule has 1 amide bonds. The lowest BCUT2D eigenvalue weighted by Gasteiger charge is -2.29. The highest BCUT2D eigenvalue weighted by atomic mass is 16.5. The van der Waals surface area contributed by atoms with Crippen LogP contribution in [0.4, 0.5) is 0 Å². The van der Waals surface area contributed by atoms with Crippen LogP contribution in [0, 0.1) is 5.92 Å². The van der Waals surface area contributed by atoms with Crippen molar-refractivity contribution in [3.8, 4) is 0 Å². The predicted octanol–water partition coefficient (Wildman–Crippen LogP) is 1.92. The average Bonchev–Trinajstić information content (AvgIpc) is 2.52. The Morgan fingerprint density at radius 2 is 2.05 bits per heavy atom. The Hall–Kier alpha value is -1.88. The molecule has 0 aliphatic carbocycles. The molecular formula is C16H21NO4. The molecule has 1 heterocycles. The molecule has 1 N–H and O–H groups in total. The van der Waals surface area contributed by atoms with Gasteiger partial charge in [0.2, 0.25) is 5.91 Å². The van der Waals surface area contributed by atoms with Crippen LogP contribution in [-0.4, -0.2) is 41.6 Å². The molecule has 1 atom stereocenters. The van der Waals surface area contributed by atoms with Crippen molar-refractivity contribution in [2.45, 2.75) is 25.8 Å². The van der Waals surface area contributed by atoms with E-state index in [0.717, 1.165) is 18.4 Å². The van der Waals surface area contributed by atoms with E-state index in [1.807, 2.05) is 30.3 Å². The third kappa shape index (κ3) is 4.86. The highest BCUT2D eigenvalue weighted by Gasteiger charge is 2.26. The number of benzene rings is 1. The van der Waals surface area contributed by atoms with Crippen LogP contribution in [0.2, 0.25) is 0 Å². The quantitative estimate of drug-likeness (QED) is 0.869. The van der Waals surface area contributed by atoms with Crippen molar-refractivity contribution in [3.63, 3.8) is 0 Å². The third-order valence-corrected chi connectivity index (χ3v) is 3.63. The Morgan fingerprint density at radius 1 is 1.29 bits per heavy atom. The molecule has 1 aliphatic rings. The second-order valence-corrected chi connectivity index (χ2v) is 5.30. The summed E-state index contributed by atoms with van der Waals surface area (Å²) in [5.74, 6) is -1.03. The Balaban J connectivity index is 2.03. The van der Waals surface area contributed by atoms with Gasteiger partial charge in [0.1, 0.15) is 0 Å². The van der Waals surface area contributed by atoms with E-state index in [2.05, 4.69) is 0 Å². The predicted molar refractivity (Wildman–Crippen MR) is 77.7 cm³/mol. The molecule has 5 nitrogen and oxygen atoms in total. The van der Waals surface area contributed by atoms with Gasteiger partial charge in [-0.15, -0.1) is 0 Å². The van der Waals surface area contributed by atoms with E-state index in [4.69, 9.17) is 9.84 Å². The summed E-state index contributed by atoms with van der Waals surface area (Å²) < 4.78 is 5.37. The number of carbonyl (C=O) groups excluding carboxylic acids is 1. The minimum Gasteiger partial charge on any atom is -0.481 e. The lowest BCUT2D eigenvalue weighted by Crippen LogP contribution is -2.40. The van der Waals surface area contributed by atoms with Crippen molar-refractivity contribution in [3.05, 3.63) is 35.9 Å². The van der Waals surface area contributed by atoms with Crippen LogP contribution in [0.25, 0.3) is 0 Å². The van der Waals surface area contributed by atoms with Crippen molar-refractivity contribution in [2.24, 2.45) is 5.92 Å². The Bertz CT molecular complexity index is 468. The van der Waals surface area contributed by atoms with Crippen molar-refractivity contribution in [1.82, 2.24) is 4.90 Å². The summed E-state index contributed by atoms with van der Waals surface area (Å²) in [5.41, 5.74) is 1.01. The Morgan fingerprint density at radius 3 is 2.67 bits per heavy atom. The molecule has 1 saturated heterocycles. The van der Waals surface area contributed by atoms with Gasteiger partial charge in [-0.05, 0) is 18.4 Å². The molecular weight excluding hydrogens is 270 g/mol. The summed E-state index contributed by atoms with van der Waals surface area (Å²) in [6, 6.07) is 9.64. The molecule has 0 radical (unpaired) electrons. The average molecular weight is 291 g/mol. The lowest BCUT2D eigenvalue weighted by atomic mass is 10.00. The second kappa shape index (κ2) is 7.78. The number of carboxylic acid groups (broad SMARTS) is 1. The highest BCUT2D eigenvalue weighted by Crippen LogP contribution is 2.18. The van der Waals surface area contributed by atoms with Crippen LogP contribution in [0.3, 0.4) is 0 Å². The molecule has 1 fully saturated rings. The molecule has 0 bridgehead atoms. The van der Waals surface area contributed by atoms with Crippen molar-refractivity contribution < 1.29 is 19.4 Å². The molecule has 0 spiro atoms. The normalized spacial score (nSPS) is 18.2. The van der Waals surface area contributed by atoms with E-state index >= 15 is 0 Å². The summed E-state index contributed by atoms with van der Waals surface area (Å²) >= 11 is 0. The number of hydrogen-bond donors (Lipinski definition) is 1. The van der Waals surface area contributed by atoms with E-state index in [0.29, 0.717) is 19.8 Å². The van der Waals surface area contributed by atoms with E-state index in [1.54, 1.807) is 4.90 Å². The van der Waals surface area contributed by atoms with Crippen LogP contribution < -0.4 is 0 Å². The van der Waals surface area contributed by atoms with Gasteiger partial charge in [-0.2, -0.15) is 0 Å². The molecule has 1 aromatic rings. The van der Waals surface area contributed by atoms with Crippen LogP contribution in [0.15, 0.2) is 30.3 Å². The summed E-state index contributed by atoms with van der Waals surface area (Å²) in [7, 11) is 0. The Kier molecular flexibility index (Phi) is 5.75.